The minimum atomic E-state index is 0.00113. The van der Waals surface area contributed by atoms with Gasteiger partial charge in [-0.25, -0.2) is 0 Å². The standard InChI is InChI=1S/C40H60N8O4/c1-29-33-25-41-17-9-18-42-26-34(30(2)46-22-11-21-45-29)39(51)15-7-8-16-40(52)36-28-44-20-10-19-43-27-35(38(50)14-6-5-13-37(33)49)31(3)47-23-12-24-48-32(36)4/h25-28,45-48H,5-24H2,1-4H3/b33-29-,34-30-,35-31?,36-32?,41-25?,42-26?,43-27?,44-28?. The first-order valence-electron chi connectivity index (χ1n) is 19.1. The van der Waals surface area contributed by atoms with Crippen molar-refractivity contribution in [2.24, 2.45) is 20.0 Å². The Labute approximate surface area is 310 Å². The van der Waals surface area contributed by atoms with E-state index in [1.165, 1.54) is 0 Å². The molecule has 6 heterocycles. The van der Waals surface area contributed by atoms with Crippen molar-refractivity contribution >= 4 is 48.0 Å². The summed E-state index contributed by atoms with van der Waals surface area (Å²) in [6.07, 6.45) is 13.1. The fourth-order valence-electron chi connectivity index (χ4n) is 5.98. The molecule has 0 spiro atoms. The molecule has 12 nitrogen and oxygen atoms in total. The highest BCUT2D eigenvalue weighted by molar-refractivity contribution is 6.15. The van der Waals surface area contributed by atoms with Crippen LogP contribution in [-0.4, -0.2) is 100 Å². The van der Waals surface area contributed by atoms with Crippen LogP contribution < -0.4 is 21.3 Å². The van der Waals surface area contributed by atoms with Crippen molar-refractivity contribution < 1.29 is 19.2 Å². The molecule has 0 fully saturated rings. The van der Waals surface area contributed by atoms with Gasteiger partial charge in [-0.1, -0.05) is 0 Å². The number of carbonyl (C=O) groups excluding carboxylic acids is 4. The van der Waals surface area contributed by atoms with Crippen molar-refractivity contribution in [1.29, 1.82) is 0 Å². The van der Waals surface area contributed by atoms with Gasteiger partial charge in [0.2, 0.25) is 0 Å². The lowest BCUT2D eigenvalue weighted by Gasteiger charge is -2.14. The Hall–Kier alpha value is -4.48. The number of allylic oxidation sites excluding steroid dienone is 8. The molecule has 6 aliphatic heterocycles. The molecule has 6 aliphatic rings. The molecular formula is C40H60N8O4. The van der Waals surface area contributed by atoms with E-state index in [1.807, 2.05) is 27.7 Å². The van der Waals surface area contributed by atoms with Gasteiger partial charge in [-0.15, -0.1) is 0 Å². The Morgan fingerprint density at radius 1 is 0.365 bits per heavy atom. The Morgan fingerprint density at radius 2 is 0.596 bits per heavy atom. The minimum Gasteiger partial charge on any atom is -0.388 e. The highest BCUT2D eigenvalue weighted by atomic mass is 16.1. The quantitative estimate of drug-likeness (QED) is 0.280. The van der Waals surface area contributed by atoms with Crippen LogP contribution >= 0.6 is 0 Å². The maximum absolute atomic E-state index is 13.4. The van der Waals surface area contributed by atoms with Crippen molar-refractivity contribution in [2.75, 3.05) is 52.4 Å². The molecule has 0 aromatic heterocycles. The summed E-state index contributed by atoms with van der Waals surface area (Å²) in [4.78, 5) is 71.9. The number of Topliss-reactive ketones (excluding diaryl/α,β-unsaturated/α-hetero) is 4. The normalized spacial score (nSPS) is 24.4. The van der Waals surface area contributed by atoms with Crippen LogP contribution in [0.25, 0.3) is 0 Å². The van der Waals surface area contributed by atoms with E-state index in [9.17, 15) is 19.2 Å². The van der Waals surface area contributed by atoms with E-state index in [4.69, 9.17) is 0 Å². The Bertz CT molecular complexity index is 1290. The maximum atomic E-state index is 13.4. The lowest BCUT2D eigenvalue weighted by molar-refractivity contribution is -0.117. The Kier molecular flexibility index (Phi) is 19.3. The van der Waals surface area contributed by atoms with Crippen LogP contribution in [0, 0.1) is 0 Å². The molecule has 0 amide bonds. The second kappa shape index (κ2) is 23.9. The first-order valence-corrected chi connectivity index (χ1v) is 19.1. The van der Waals surface area contributed by atoms with Crippen LogP contribution in [0.1, 0.15) is 105 Å². The van der Waals surface area contributed by atoms with Gasteiger partial charge in [0.15, 0.2) is 23.1 Å². The monoisotopic (exact) mass is 716 g/mol. The SMILES string of the molecule is CC1=C2C=NCCCN=CC(=C(C)NCCCN1)C(=O)CCCCC(=O)/C1=C(/C)NCCCN/C(C)=C(/C=NCCCN=C1)C(=O)CCCCC2=O. The smallest absolute Gasteiger partial charge is 0.166 e. The van der Waals surface area contributed by atoms with Gasteiger partial charge in [0.25, 0.3) is 0 Å². The molecule has 52 heavy (non-hydrogen) atoms. The van der Waals surface area contributed by atoms with Gasteiger partial charge in [0, 0.05) is 126 Å². The van der Waals surface area contributed by atoms with Crippen molar-refractivity contribution in [3.05, 3.63) is 45.1 Å². The number of ketones is 4. The molecule has 284 valence electrons. The van der Waals surface area contributed by atoms with Gasteiger partial charge < -0.3 is 21.3 Å². The van der Waals surface area contributed by atoms with E-state index in [0.29, 0.717) is 139 Å². The van der Waals surface area contributed by atoms with E-state index in [-0.39, 0.29) is 23.1 Å². The number of nitrogens with one attached hydrogen (secondary N) is 4. The topological polar surface area (TPSA) is 166 Å². The summed E-state index contributed by atoms with van der Waals surface area (Å²) in [5, 5.41) is 13.5. The predicted molar refractivity (Wildman–Crippen MR) is 212 cm³/mol. The molecule has 0 saturated heterocycles. The van der Waals surface area contributed by atoms with Crippen LogP contribution in [0.4, 0.5) is 0 Å². The van der Waals surface area contributed by atoms with Gasteiger partial charge in [0.1, 0.15) is 0 Å². The number of carbonyl (C=O) groups is 4. The van der Waals surface area contributed by atoms with Crippen molar-refractivity contribution in [3.8, 4) is 0 Å². The largest absolute Gasteiger partial charge is 0.388 e. The van der Waals surface area contributed by atoms with Gasteiger partial charge in [-0.05, 0) is 79.1 Å². The molecule has 0 aromatic rings. The molecular weight excluding hydrogens is 656 g/mol. The highest BCUT2D eigenvalue weighted by Gasteiger charge is 2.17. The lowest BCUT2D eigenvalue weighted by Crippen LogP contribution is -2.24. The molecule has 0 saturated carbocycles. The molecule has 4 bridgehead atoms. The van der Waals surface area contributed by atoms with Crippen LogP contribution in [0.3, 0.4) is 0 Å². The molecule has 4 N–H and O–H groups in total. The lowest BCUT2D eigenvalue weighted by atomic mass is 10.00. The molecule has 0 aliphatic carbocycles. The average Bonchev–Trinajstić information content (AvgIpc) is 3.11. The van der Waals surface area contributed by atoms with Crippen molar-refractivity contribution in [3.63, 3.8) is 0 Å². The van der Waals surface area contributed by atoms with Gasteiger partial charge in [-0.3, -0.25) is 39.1 Å². The van der Waals surface area contributed by atoms with E-state index >= 15 is 0 Å². The van der Waals surface area contributed by atoms with Crippen LogP contribution in [0.15, 0.2) is 65.1 Å². The first-order chi connectivity index (χ1) is 25.2. The highest BCUT2D eigenvalue weighted by Crippen LogP contribution is 2.15. The van der Waals surface area contributed by atoms with Crippen molar-refractivity contribution in [1.82, 2.24) is 21.3 Å². The zero-order valence-corrected chi connectivity index (χ0v) is 31.9. The van der Waals surface area contributed by atoms with E-state index < -0.39 is 0 Å². The molecule has 12 heteroatoms. The zero-order valence-electron chi connectivity index (χ0n) is 31.9. The number of rotatable bonds is 0. The summed E-state index contributed by atoms with van der Waals surface area (Å²) in [6, 6.07) is 0. The average molecular weight is 717 g/mol. The summed E-state index contributed by atoms with van der Waals surface area (Å²) in [5.41, 5.74) is 5.36. The first kappa shape index (κ1) is 41.9. The number of hydrogen-bond acceptors (Lipinski definition) is 12. The number of hydrogen-bond donors (Lipinski definition) is 4. The number of aliphatic imine (C=N–C) groups is 4. The summed E-state index contributed by atoms with van der Waals surface area (Å²) in [6.45, 7) is 12.1. The molecule has 0 radical (unpaired) electrons. The predicted octanol–water partition coefficient (Wildman–Crippen LogP) is 4.72. The summed E-state index contributed by atoms with van der Waals surface area (Å²) < 4.78 is 0. The van der Waals surface area contributed by atoms with Gasteiger partial charge >= 0.3 is 0 Å². The third kappa shape index (κ3) is 15.0. The van der Waals surface area contributed by atoms with Crippen LogP contribution in [-0.2, 0) is 19.2 Å². The van der Waals surface area contributed by atoms with Crippen molar-refractivity contribution in [2.45, 2.75) is 105 Å². The second-order valence-electron chi connectivity index (χ2n) is 13.5. The minimum absolute atomic E-state index is 0.00113. The third-order valence-corrected chi connectivity index (χ3v) is 9.23. The van der Waals surface area contributed by atoms with E-state index in [1.54, 1.807) is 24.9 Å². The van der Waals surface area contributed by atoms with Crippen LogP contribution in [0.2, 0.25) is 0 Å². The Balaban J connectivity index is 1.90. The summed E-state index contributed by atoms with van der Waals surface area (Å²) in [7, 11) is 0. The molecule has 0 unspecified atom stereocenters. The summed E-state index contributed by atoms with van der Waals surface area (Å²) >= 11 is 0. The molecule has 0 aromatic carbocycles. The molecule has 6 rings (SSSR count). The molecule has 0 atom stereocenters. The fraction of sp³-hybridized carbons (Fsp3) is 0.600. The zero-order chi connectivity index (χ0) is 37.6. The fourth-order valence-corrected chi connectivity index (χ4v) is 5.98. The summed E-state index contributed by atoms with van der Waals surface area (Å²) in [5.74, 6) is 0.00454. The van der Waals surface area contributed by atoms with Gasteiger partial charge in [-0.2, -0.15) is 0 Å². The van der Waals surface area contributed by atoms with E-state index in [0.717, 1.165) is 35.6 Å². The third-order valence-electron chi connectivity index (χ3n) is 9.23. The van der Waals surface area contributed by atoms with E-state index in [2.05, 4.69) is 41.2 Å². The number of nitrogens with zero attached hydrogens (tertiary/aromatic N) is 4. The second-order valence-corrected chi connectivity index (χ2v) is 13.5. The Morgan fingerprint density at radius 3 is 0.827 bits per heavy atom. The van der Waals surface area contributed by atoms with Crippen LogP contribution in [0.5, 0.6) is 0 Å². The maximum Gasteiger partial charge on any atom is 0.166 e. The van der Waals surface area contributed by atoms with Gasteiger partial charge in [0.05, 0.1) is 22.3 Å².